The van der Waals surface area contributed by atoms with Gasteiger partial charge in [-0.15, -0.1) is 11.3 Å². The lowest BCUT2D eigenvalue weighted by Crippen LogP contribution is -2.13. The number of oxazole rings is 1. The molecule has 0 aliphatic carbocycles. The van der Waals surface area contributed by atoms with Crippen LogP contribution in [0.25, 0.3) is 11.5 Å². The highest BCUT2D eigenvalue weighted by Crippen LogP contribution is 2.21. The Morgan fingerprint density at radius 3 is 3.06 bits per heavy atom. The van der Waals surface area contributed by atoms with E-state index in [1.54, 1.807) is 17.5 Å². The summed E-state index contributed by atoms with van der Waals surface area (Å²) < 4.78 is 5.60. The van der Waals surface area contributed by atoms with E-state index in [9.17, 15) is 0 Å². The zero-order valence-electron chi connectivity index (χ0n) is 9.49. The second-order valence-corrected chi connectivity index (χ2v) is 4.61. The van der Waals surface area contributed by atoms with Gasteiger partial charge < -0.3 is 9.73 Å². The lowest BCUT2D eigenvalue weighted by atomic mass is 10.4. The van der Waals surface area contributed by atoms with Crippen LogP contribution in [0.4, 0.5) is 0 Å². The average molecular weight is 237 g/mol. The Morgan fingerprint density at radius 2 is 2.38 bits per heavy atom. The van der Waals surface area contributed by atoms with E-state index in [1.165, 1.54) is 0 Å². The van der Waals surface area contributed by atoms with Crippen molar-refractivity contribution in [1.29, 1.82) is 0 Å². The minimum absolute atomic E-state index is 0.678. The second kappa shape index (κ2) is 5.23. The Morgan fingerprint density at radius 1 is 1.50 bits per heavy atom. The highest BCUT2D eigenvalue weighted by atomic mass is 32.1. The molecule has 0 aromatic carbocycles. The summed E-state index contributed by atoms with van der Waals surface area (Å²) in [6.45, 7) is 5.77. The van der Waals surface area contributed by atoms with E-state index in [0.717, 1.165) is 29.4 Å². The smallest absolute Gasteiger partial charge is 0.208 e. The maximum atomic E-state index is 5.60. The van der Waals surface area contributed by atoms with Crippen molar-refractivity contribution in [2.75, 3.05) is 6.54 Å². The maximum Gasteiger partial charge on any atom is 0.208 e. The average Bonchev–Trinajstić information content (AvgIpc) is 2.87. The van der Waals surface area contributed by atoms with Crippen LogP contribution >= 0.6 is 11.3 Å². The summed E-state index contributed by atoms with van der Waals surface area (Å²) in [7, 11) is 0. The zero-order valence-corrected chi connectivity index (χ0v) is 10.3. The molecule has 2 heterocycles. The van der Waals surface area contributed by atoms with Crippen LogP contribution in [0, 0.1) is 6.92 Å². The molecule has 0 atom stereocenters. The molecule has 0 saturated heterocycles. The Bertz CT molecular complexity index is 450. The molecule has 0 bridgehead atoms. The van der Waals surface area contributed by atoms with Gasteiger partial charge in [0, 0.05) is 5.38 Å². The molecule has 0 unspecified atom stereocenters. The van der Waals surface area contributed by atoms with Crippen LogP contribution in [0.2, 0.25) is 0 Å². The number of aromatic nitrogens is 2. The molecular formula is C11H15N3OS. The number of rotatable bonds is 5. The molecule has 0 fully saturated rings. The van der Waals surface area contributed by atoms with E-state index in [-0.39, 0.29) is 0 Å². The largest absolute Gasteiger partial charge is 0.438 e. The standard InChI is InChI=1S/C11H15N3OS/c1-3-4-12-6-11-13-5-10(15-11)9-7-16-8(2)14-9/h5,7,12H,3-4,6H2,1-2H3. The third-order valence-electron chi connectivity index (χ3n) is 2.13. The fourth-order valence-electron chi connectivity index (χ4n) is 1.36. The van der Waals surface area contributed by atoms with Crippen molar-refractivity contribution in [2.24, 2.45) is 0 Å². The highest BCUT2D eigenvalue weighted by Gasteiger charge is 2.08. The topological polar surface area (TPSA) is 51.0 Å². The van der Waals surface area contributed by atoms with Crippen LogP contribution in [0.5, 0.6) is 0 Å². The molecular weight excluding hydrogens is 222 g/mol. The number of aryl methyl sites for hydroxylation is 1. The number of nitrogens with zero attached hydrogens (tertiary/aromatic N) is 2. The molecule has 2 rings (SSSR count). The number of nitrogens with one attached hydrogen (secondary N) is 1. The van der Waals surface area contributed by atoms with Crippen molar-refractivity contribution in [3.05, 3.63) is 22.5 Å². The molecule has 0 amide bonds. The summed E-state index contributed by atoms with van der Waals surface area (Å²) in [5.41, 5.74) is 0.872. The van der Waals surface area contributed by atoms with E-state index < -0.39 is 0 Å². The van der Waals surface area contributed by atoms with Crippen LogP contribution in [0.15, 0.2) is 16.0 Å². The van der Waals surface area contributed by atoms with Gasteiger partial charge in [-0.1, -0.05) is 6.92 Å². The van der Waals surface area contributed by atoms with E-state index in [0.29, 0.717) is 12.4 Å². The summed E-state index contributed by atoms with van der Waals surface area (Å²) >= 11 is 1.62. The van der Waals surface area contributed by atoms with Crippen LogP contribution < -0.4 is 5.32 Å². The molecule has 0 saturated carbocycles. The minimum atomic E-state index is 0.678. The molecule has 2 aromatic rings. The van der Waals surface area contributed by atoms with Crippen molar-refractivity contribution in [2.45, 2.75) is 26.8 Å². The normalized spacial score (nSPS) is 10.9. The Kier molecular flexibility index (Phi) is 3.69. The molecule has 0 aliphatic heterocycles. The van der Waals surface area contributed by atoms with Gasteiger partial charge in [0.2, 0.25) is 5.89 Å². The summed E-state index contributed by atoms with van der Waals surface area (Å²) in [6, 6.07) is 0. The quantitative estimate of drug-likeness (QED) is 0.812. The van der Waals surface area contributed by atoms with E-state index in [2.05, 4.69) is 22.2 Å². The Balaban J connectivity index is 2.02. The van der Waals surface area contributed by atoms with Gasteiger partial charge in [-0.3, -0.25) is 0 Å². The molecule has 2 aromatic heterocycles. The van der Waals surface area contributed by atoms with Crippen LogP contribution in [0.1, 0.15) is 24.2 Å². The summed E-state index contributed by atoms with van der Waals surface area (Å²) in [5, 5.41) is 6.27. The number of hydrogen-bond acceptors (Lipinski definition) is 5. The van der Waals surface area contributed by atoms with E-state index >= 15 is 0 Å². The van der Waals surface area contributed by atoms with Crippen LogP contribution in [-0.2, 0) is 6.54 Å². The molecule has 0 spiro atoms. The summed E-state index contributed by atoms with van der Waals surface area (Å²) in [6.07, 6.45) is 2.84. The van der Waals surface area contributed by atoms with Gasteiger partial charge >= 0.3 is 0 Å². The predicted octanol–water partition coefficient (Wildman–Crippen LogP) is 2.61. The first-order valence-corrected chi connectivity index (χ1v) is 6.25. The zero-order chi connectivity index (χ0) is 11.4. The fourth-order valence-corrected chi connectivity index (χ4v) is 1.96. The molecule has 1 N–H and O–H groups in total. The summed E-state index contributed by atoms with van der Waals surface area (Å²) in [5.74, 6) is 1.46. The van der Waals surface area contributed by atoms with Gasteiger partial charge in [-0.25, -0.2) is 9.97 Å². The third kappa shape index (κ3) is 2.68. The van der Waals surface area contributed by atoms with Gasteiger partial charge in [0.25, 0.3) is 0 Å². The van der Waals surface area contributed by atoms with Gasteiger partial charge in [-0.05, 0) is 19.9 Å². The molecule has 86 valence electrons. The highest BCUT2D eigenvalue weighted by molar-refractivity contribution is 7.09. The lowest BCUT2D eigenvalue weighted by Gasteiger charge is -1.97. The Labute approximate surface area is 98.7 Å². The number of thiazole rings is 1. The summed E-state index contributed by atoms with van der Waals surface area (Å²) in [4.78, 5) is 8.56. The molecule has 5 heteroatoms. The van der Waals surface area contributed by atoms with Crippen molar-refractivity contribution in [3.63, 3.8) is 0 Å². The minimum Gasteiger partial charge on any atom is -0.438 e. The first kappa shape index (κ1) is 11.3. The first-order chi connectivity index (χ1) is 7.79. The monoisotopic (exact) mass is 237 g/mol. The van der Waals surface area contributed by atoms with Gasteiger partial charge in [0.05, 0.1) is 17.7 Å². The van der Waals surface area contributed by atoms with Crippen molar-refractivity contribution in [3.8, 4) is 11.5 Å². The number of hydrogen-bond donors (Lipinski definition) is 1. The fraction of sp³-hybridized carbons (Fsp3) is 0.455. The Hall–Kier alpha value is -1.20. The van der Waals surface area contributed by atoms with Gasteiger partial charge in [0.15, 0.2) is 5.76 Å². The van der Waals surface area contributed by atoms with E-state index in [1.807, 2.05) is 12.3 Å². The van der Waals surface area contributed by atoms with Crippen molar-refractivity contribution >= 4 is 11.3 Å². The van der Waals surface area contributed by atoms with E-state index in [4.69, 9.17) is 4.42 Å². The molecule has 0 radical (unpaired) electrons. The van der Waals surface area contributed by atoms with Crippen molar-refractivity contribution < 1.29 is 4.42 Å². The second-order valence-electron chi connectivity index (χ2n) is 3.55. The molecule has 0 aliphatic rings. The van der Waals surface area contributed by atoms with Crippen LogP contribution in [-0.4, -0.2) is 16.5 Å². The van der Waals surface area contributed by atoms with Crippen LogP contribution in [0.3, 0.4) is 0 Å². The maximum absolute atomic E-state index is 5.60. The van der Waals surface area contributed by atoms with Crippen molar-refractivity contribution in [1.82, 2.24) is 15.3 Å². The SMILES string of the molecule is CCCNCc1ncc(-c2csc(C)n2)o1. The van der Waals surface area contributed by atoms with Gasteiger partial charge in [0.1, 0.15) is 5.69 Å². The third-order valence-corrected chi connectivity index (χ3v) is 2.90. The van der Waals surface area contributed by atoms with Gasteiger partial charge in [-0.2, -0.15) is 0 Å². The first-order valence-electron chi connectivity index (χ1n) is 5.37. The molecule has 16 heavy (non-hydrogen) atoms. The predicted molar refractivity (Wildman–Crippen MR) is 64.3 cm³/mol. The molecule has 4 nitrogen and oxygen atoms in total. The lowest BCUT2D eigenvalue weighted by molar-refractivity contribution is 0.477.